The molecular weight excluding hydrogens is 314 g/mol. The molecule has 0 radical (unpaired) electrons. The van der Waals surface area contributed by atoms with Crippen LogP contribution in [0, 0.1) is 0 Å². The van der Waals surface area contributed by atoms with E-state index in [1.54, 1.807) is 19.0 Å². The van der Waals surface area contributed by atoms with Crippen LogP contribution in [0.1, 0.15) is 58.3 Å². The third kappa shape index (κ3) is 7.22. The second-order valence-electron chi connectivity index (χ2n) is 7.69. The lowest BCUT2D eigenvalue weighted by molar-refractivity contribution is -0.127. The zero-order valence-corrected chi connectivity index (χ0v) is 16.4. The zero-order chi connectivity index (χ0) is 18.1. The second-order valence-corrected chi connectivity index (χ2v) is 7.69. The van der Waals surface area contributed by atoms with E-state index >= 15 is 0 Å². The molecule has 1 aliphatic carbocycles. The molecular formula is C19H37N5O. The summed E-state index contributed by atoms with van der Waals surface area (Å²) in [5.41, 5.74) is 0. The van der Waals surface area contributed by atoms with Crippen molar-refractivity contribution in [3.05, 3.63) is 0 Å². The van der Waals surface area contributed by atoms with Crippen molar-refractivity contribution in [1.82, 2.24) is 20.4 Å². The lowest BCUT2D eigenvalue weighted by atomic mass is 10.0. The van der Waals surface area contributed by atoms with E-state index in [-0.39, 0.29) is 12.5 Å². The van der Waals surface area contributed by atoms with Gasteiger partial charge in [-0.3, -0.25) is 4.79 Å². The van der Waals surface area contributed by atoms with E-state index in [4.69, 9.17) is 0 Å². The summed E-state index contributed by atoms with van der Waals surface area (Å²) in [4.78, 5) is 20.6. The van der Waals surface area contributed by atoms with Crippen LogP contribution >= 0.6 is 0 Å². The molecule has 0 atom stereocenters. The molecule has 1 saturated heterocycles. The third-order valence-electron chi connectivity index (χ3n) is 5.32. The molecule has 6 heteroatoms. The predicted octanol–water partition coefficient (Wildman–Crippen LogP) is 1.82. The number of nitrogens with zero attached hydrogens (tertiary/aromatic N) is 3. The first-order valence-corrected chi connectivity index (χ1v) is 10.1. The molecule has 0 bridgehead atoms. The van der Waals surface area contributed by atoms with E-state index in [9.17, 15) is 4.79 Å². The van der Waals surface area contributed by atoms with Gasteiger partial charge in [-0.2, -0.15) is 0 Å². The molecule has 0 spiro atoms. The van der Waals surface area contributed by atoms with E-state index < -0.39 is 0 Å². The van der Waals surface area contributed by atoms with Gasteiger partial charge in [0.25, 0.3) is 0 Å². The fraction of sp³-hybridized carbons (Fsp3) is 0.895. The van der Waals surface area contributed by atoms with Crippen molar-refractivity contribution in [2.75, 3.05) is 40.3 Å². The summed E-state index contributed by atoms with van der Waals surface area (Å²) in [6.45, 7) is 6.00. The summed E-state index contributed by atoms with van der Waals surface area (Å²) in [5, 5.41) is 7.15. The van der Waals surface area contributed by atoms with Gasteiger partial charge in [0.05, 0.1) is 0 Å². The number of nitrogens with one attached hydrogen (secondary N) is 2. The lowest BCUT2D eigenvalue weighted by Crippen LogP contribution is -2.51. The maximum atomic E-state index is 11.9. The van der Waals surface area contributed by atoms with Crippen LogP contribution < -0.4 is 10.6 Å². The highest BCUT2D eigenvalue weighted by Gasteiger charge is 2.22. The smallest absolute Gasteiger partial charge is 0.243 e. The normalized spacial score (nSPS) is 20.7. The average Bonchev–Trinajstić information content (AvgIpc) is 3.11. The van der Waals surface area contributed by atoms with Crippen molar-refractivity contribution in [2.24, 2.45) is 4.99 Å². The Morgan fingerprint density at radius 3 is 2.24 bits per heavy atom. The van der Waals surface area contributed by atoms with Gasteiger partial charge in [0.1, 0.15) is 6.54 Å². The molecule has 0 aromatic heterocycles. The van der Waals surface area contributed by atoms with Crippen molar-refractivity contribution < 1.29 is 4.79 Å². The molecule has 1 aliphatic heterocycles. The number of aliphatic imine (C=N–C) groups is 1. The average molecular weight is 352 g/mol. The monoisotopic (exact) mass is 351 g/mol. The third-order valence-corrected chi connectivity index (χ3v) is 5.32. The maximum absolute atomic E-state index is 11.9. The Morgan fingerprint density at radius 1 is 1.08 bits per heavy atom. The number of hydrogen-bond acceptors (Lipinski definition) is 3. The molecule has 2 rings (SSSR count). The van der Waals surface area contributed by atoms with Crippen LogP contribution in [-0.4, -0.2) is 74.0 Å². The van der Waals surface area contributed by atoms with Gasteiger partial charge < -0.3 is 20.4 Å². The lowest BCUT2D eigenvalue weighted by Gasteiger charge is -2.33. The zero-order valence-electron chi connectivity index (χ0n) is 16.4. The summed E-state index contributed by atoms with van der Waals surface area (Å²) in [6, 6.07) is 0.963. The molecule has 25 heavy (non-hydrogen) atoms. The highest BCUT2D eigenvalue weighted by atomic mass is 16.2. The standard InChI is InChI=1S/C19H37N5O/c1-4-5-12-24-13-10-17(11-14-24)22-19(20-15-18(25)23(2)3)21-16-8-6-7-9-16/h16-17H,4-15H2,1-3H3,(H2,20,21,22). The van der Waals surface area contributed by atoms with Gasteiger partial charge >= 0.3 is 0 Å². The minimum atomic E-state index is 0.0434. The Hall–Kier alpha value is -1.30. The van der Waals surface area contributed by atoms with Crippen molar-refractivity contribution in [2.45, 2.75) is 70.4 Å². The Kier molecular flexibility index (Phi) is 8.52. The number of amides is 1. The molecule has 2 N–H and O–H groups in total. The molecule has 0 aromatic rings. The first kappa shape index (κ1) is 20.0. The predicted molar refractivity (Wildman–Crippen MR) is 104 cm³/mol. The van der Waals surface area contributed by atoms with Crippen molar-refractivity contribution >= 4 is 11.9 Å². The van der Waals surface area contributed by atoms with Crippen molar-refractivity contribution in [3.63, 3.8) is 0 Å². The highest BCUT2D eigenvalue weighted by Crippen LogP contribution is 2.18. The summed E-state index contributed by atoms with van der Waals surface area (Å²) >= 11 is 0. The Morgan fingerprint density at radius 2 is 1.68 bits per heavy atom. The molecule has 6 nitrogen and oxygen atoms in total. The topological polar surface area (TPSA) is 60.0 Å². The van der Waals surface area contributed by atoms with Crippen LogP contribution in [0.25, 0.3) is 0 Å². The molecule has 0 unspecified atom stereocenters. The Balaban J connectivity index is 1.84. The molecule has 144 valence electrons. The van der Waals surface area contributed by atoms with Gasteiger partial charge in [-0.15, -0.1) is 0 Å². The number of hydrogen-bond donors (Lipinski definition) is 2. The fourth-order valence-electron chi connectivity index (χ4n) is 3.56. The van der Waals surface area contributed by atoms with Gasteiger partial charge in [0, 0.05) is 39.3 Å². The molecule has 1 heterocycles. The maximum Gasteiger partial charge on any atom is 0.243 e. The van der Waals surface area contributed by atoms with E-state index in [2.05, 4.69) is 27.4 Å². The number of guanidine groups is 1. The summed E-state index contributed by atoms with van der Waals surface area (Å²) in [7, 11) is 3.56. The quantitative estimate of drug-likeness (QED) is 0.543. The number of carbonyl (C=O) groups is 1. The van der Waals surface area contributed by atoms with Gasteiger partial charge in [-0.1, -0.05) is 26.2 Å². The van der Waals surface area contributed by atoms with Gasteiger partial charge in [0.2, 0.25) is 5.91 Å². The fourth-order valence-corrected chi connectivity index (χ4v) is 3.56. The minimum Gasteiger partial charge on any atom is -0.354 e. The first-order valence-electron chi connectivity index (χ1n) is 10.1. The second kappa shape index (κ2) is 10.6. The van der Waals surface area contributed by atoms with Crippen LogP contribution in [0.2, 0.25) is 0 Å². The van der Waals surface area contributed by atoms with Crippen LogP contribution in [0.4, 0.5) is 0 Å². The van der Waals surface area contributed by atoms with Crippen LogP contribution in [0.15, 0.2) is 4.99 Å². The molecule has 2 fully saturated rings. The van der Waals surface area contributed by atoms with Crippen LogP contribution in [0.5, 0.6) is 0 Å². The van der Waals surface area contributed by atoms with Gasteiger partial charge in [0.15, 0.2) is 5.96 Å². The van der Waals surface area contributed by atoms with Gasteiger partial charge in [-0.05, 0) is 38.6 Å². The molecule has 0 aromatic carbocycles. The summed E-state index contributed by atoms with van der Waals surface area (Å²) in [5.74, 6) is 0.871. The largest absolute Gasteiger partial charge is 0.354 e. The number of unbranched alkanes of at least 4 members (excludes halogenated alkanes) is 1. The molecule has 2 aliphatic rings. The highest BCUT2D eigenvalue weighted by molar-refractivity contribution is 5.85. The summed E-state index contributed by atoms with van der Waals surface area (Å²) < 4.78 is 0. The number of likely N-dealkylation sites (N-methyl/N-ethyl adjacent to an activating group) is 1. The molecule has 1 saturated carbocycles. The summed E-state index contributed by atoms with van der Waals surface area (Å²) in [6.07, 6.45) is 9.85. The van der Waals surface area contributed by atoms with E-state index in [1.807, 2.05) is 0 Å². The number of rotatable bonds is 7. The number of likely N-dealkylation sites (tertiary alicyclic amines) is 1. The van der Waals surface area contributed by atoms with Gasteiger partial charge in [-0.25, -0.2) is 4.99 Å². The Bertz CT molecular complexity index is 424. The van der Waals surface area contributed by atoms with E-state index in [0.717, 1.165) is 31.9 Å². The molecule has 1 amide bonds. The van der Waals surface area contributed by atoms with E-state index in [0.29, 0.717) is 12.1 Å². The SMILES string of the molecule is CCCCN1CCC(NC(=NCC(=O)N(C)C)NC2CCCC2)CC1. The number of carbonyl (C=O) groups excluding carboxylic acids is 1. The Labute approximate surface area is 153 Å². The number of piperidine rings is 1. The minimum absolute atomic E-state index is 0.0434. The van der Waals surface area contributed by atoms with E-state index in [1.165, 1.54) is 45.1 Å². The first-order chi connectivity index (χ1) is 12.1. The van der Waals surface area contributed by atoms with Crippen molar-refractivity contribution in [3.8, 4) is 0 Å². The van der Waals surface area contributed by atoms with Crippen molar-refractivity contribution in [1.29, 1.82) is 0 Å². The van der Waals surface area contributed by atoms with Crippen LogP contribution in [-0.2, 0) is 4.79 Å². The van der Waals surface area contributed by atoms with Crippen LogP contribution in [0.3, 0.4) is 0 Å².